The highest BCUT2D eigenvalue weighted by molar-refractivity contribution is 9.10. The minimum Gasteiger partial charge on any atom is -0.384 e. The molecule has 0 aromatic heterocycles. The molecule has 0 unspecified atom stereocenters. The molecule has 0 spiro atoms. The number of hydrogen-bond acceptors (Lipinski definition) is 3. The summed E-state index contributed by atoms with van der Waals surface area (Å²) in [6, 6.07) is 11.5. The van der Waals surface area contributed by atoms with Crippen LogP contribution in [0.5, 0.6) is 0 Å². The lowest BCUT2D eigenvalue weighted by molar-refractivity contribution is 0.557. The van der Waals surface area contributed by atoms with Gasteiger partial charge in [-0.2, -0.15) is 0 Å². The number of rotatable bonds is 6. The normalized spacial score (nSPS) is 11.4. The lowest BCUT2D eigenvalue weighted by Gasteiger charge is -2.10. The van der Waals surface area contributed by atoms with Crippen LogP contribution in [0, 0.1) is 5.82 Å². The molecule has 0 aliphatic carbocycles. The first-order chi connectivity index (χ1) is 10.4. The number of anilines is 1. The van der Waals surface area contributed by atoms with E-state index in [1.807, 2.05) is 30.3 Å². The van der Waals surface area contributed by atoms with E-state index in [2.05, 4.69) is 26.0 Å². The lowest BCUT2D eigenvalue weighted by atomic mass is 10.3. The summed E-state index contributed by atoms with van der Waals surface area (Å²) in [5.41, 5.74) is 0.877. The molecule has 0 heterocycles. The zero-order valence-electron chi connectivity index (χ0n) is 11.3. The molecule has 0 aliphatic heterocycles. The van der Waals surface area contributed by atoms with Gasteiger partial charge in [0.05, 0.1) is 5.02 Å². The maximum Gasteiger partial charge on any atom is 0.243 e. The van der Waals surface area contributed by atoms with E-state index in [1.54, 1.807) is 0 Å². The summed E-state index contributed by atoms with van der Waals surface area (Å²) in [6.07, 6.45) is 0. The Bertz CT molecular complexity index is 757. The number of sulfonamides is 1. The van der Waals surface area contributed by atoms with Crippen LogP contribution >= 0.6 is 27.5 Å². The SMILES string of the molecule is O=S(=O)(NCCNc1ccccc1)c1cc(Br)c(Cl)cc1F. The summed E-state index contributed by atoms with van der Waals surface area (Å²) in [6.45, 7) is 0.497. The highest BCUT2D eigenvalue weighted by Gasteiger charge is 2.20. The van der Waals surface area contributed by atoms with Gasteiger partial charge < -0.3 is 5.32 Å². The van der Waals surface area contributed by atoms with Gasteiger partial charge >= 0.3 is 0 Å². The molecule has 8 heteroatoms. The second-order valence-corrected chi connectivity index (χ2v) is 7.38. The van der Waals surface area contributed by atoms with E-state index in [4.69, 9.17) is 11.6 Å². The Hall–Kier alpha value is -1.15. The van der Waals surface area contributed by atoms with Crippen LogP contribution in [0.3, 0.4) is 0 Å². The molecule has 0 saturated carbocycles. The summed E-state index contributed by atoms with van der Waals surface area (Å²) in [7, 11) is -3.94. The average Bonchev–Trinajstić information content (AvgIpc) is 2.48. The van der Waals surface area contributed by atoms with E-state index < -0.39 is 20.7 Å². The first-order valence-electron chi connectivity index (χ1n) is 6.33. The first-order valence-corrected chi connectivity index (χ1v) is 8.99. The molecule has 2 N–H and O–H groups in total. The number of para-hydroxylation sites is 1. The van der Waals surface area contributed by atoms with Crippen molar-refractivity contribution in [3.63, 3.8) is 0 Å². The van der Waals surface area contributed by atoms with Crippen molar-refractivity contribution in [2.45, 2.75) is 4.90 Å². The van der Waals surface area contributed by atoms with Crippen molar-refractivity contribution in [1.29, 1.82) is 0 Å². The van der Waals surface area contributed by atoms with E-state index in [0.717, 1.165) is 17.8 Å². The Morgan fingerprint density at radius 1 is 1.14 bits per heavy atom. The molecule has 0 fully saturated rings. The average molecular weight is 408 g/mol. The molecule has 0 aliphatic rings. The summed E-state index contributed by atoms with van der Waals surface area (Å²) < 4.78 is 40.6. The van der Waals surface area contributed by atoms with Gasteiger partial charge in [0.2, 0.25) is 10.0 Å². The first kappa shape index (κ1) is 17.2. The highest BCUT2D eigenvalue weighted by atomic mass is 79.9. The molecule has 0 radical (unpaired) electrons. The van der Waals surface area contributed by atoms with Crippen LogP contribution < -0.4 is 10.0 Å². The molecule has 0 saturated heterocycles. The predicted octanol–water partition coefficient (Wildman–Crippen LogP) is 3.63. The molecule has 0 bridgehead atoms. The molecule has 2 aromatic rings. The molecular weight excluding hydrogens is 395 g/mol. The fourth-order valence-corrected chi connectivity index (χ4v) is 3.50. The van der Waals surface area contributed by atoms with Crippen molar-refractivity contribution in [2.75, 3.05) is 18.4 Å². The van der Waals surface area contributed by atoms with Crippen LogP contribution in [-0.2, 0) is 10.0 Å². The third kappa shape index (κ3) is 4.42. The van der Waals surface area contributed by atoms with Crippen molar-refractivity contribution in [3.8, 4) is 0 Å². The Morgan fingerprint density at radius 2 is 1.82 bits per heavy atom. The highest BCUT2D eigenvalue weighted by Crippen LogP contribution is 2.27. The van der Waals surface area contributed by atoms with Crippen LogP contribution in [0.4, 0.5) is 10.1 Å². The summed E-state index contributed by atoms with van der Waals surface area (Å²) in [5, 5.41) is 3.17. The van der Waals surface area contributed by atoms with E-state index >= 15 is 0 Å². The Balaban J connectivity index is 1.98. The summed E-state index contributed by atoms with van der Waals surface area (Å²) in [4.78, 5) is -0.441. The van der Waals surface area contributed by atoms with Crippen LogP contribution in [0.15, 0.2) is 51.8 Å². The Kier molecular flexibility index (Phi) is 5.80. The van der Waals surface area contributed by atoms with Gasteiger partial charge in [0, 0.05) is 23.2 Å². The van der Waals surface area contributed by atoms with Gasteiger partial charge in [-0.1, -0.05) is 29.8 Å². The maximum atomic E-state index is 13.8. The topological polar surface area (TPSA) is 58.2 Å². The van der Waals surface area contributed by atoms with Crippen LogP contribution in [0.1, 0.15) is 0 Å². The van der Waals surface area contributed by atoms with Crippen molar-refractivity contribution in [1.82, 2.24) is 4.72 Å². The van der Waals surface area contributed by atoms with Crippen molar-refractivity contribution in [2.24, 2.45) is 0 Å². The van der Waals surface area contributed by atoms with Crippen molar-refractivity contribution >= 4 is 43.2 Å². The molecule has 4 nitrogen and oxygen atoms in total. The fourth-order valence-electron chi connectivity index (χ4n) is 1.74. The van der Waals surface area contributed by atoms with Crippen LogP contribution in [-0.4, -0.2) is 21.5 Å². The second-order valence-electron chi connectivity index (χ2n) is 4.39. The summed E-state index contributed by atoms with van der Waals surface area (Å²) >= 11 is 8.80. The van der Waals surface area contributed by atoms with Crippen molar-refractivity contribution in [3.05, 3.63) is 57.8 Å². The number of halogens is 3. The van der Waals surface area contributed by atoms with E-state index in [1.165, 1.54) is 0 Å². The van der Waals surface area contributed by atoms with E-state index in [0.29, 0.717) is 11.0 Å². The Labute approximate surface area is 141 Å². The number of benzene rings is 2. The van der Waals surface area contributed by atoms with Crippen molar-refractivity contribution < 1.29 is 12.8 Å². The van der Waals surface area contributed by atoms with Gasteiger partial charge in [0.15, 0.2) is 0 Å². The minimum absolute atomic E-state index is 0.113. The lowest BCUT2D eigenvalue weighted by Crippen LogP contribution is -2.29. The van der Waals surface area contributed by atoms with Gasteiger partial charge in [0.25, 0.3) is 0 Å². The fraction of sp³-hybridized carbons (Fsp3) is 0.143. The molecule has 22 heavy (non-hydrogen) atoms. The molecule has 118 valence electrons. The van der Waals surface area contributed by atoms with Crippen LogP contribution in [0.25, 0.3) is 0 Å². The number of hydrogen-bond donors (Lipinski definition) is 2. The van der Waals surface area contributed by atoms with Gasteiger partial charge in [-0.3, -0.25) is 0 Å². The van der Waals surface area contributed by atoms with Gasteiger partial charge in [-0.25, -0.2) is 17.5 Å². The molecule has 2 aromatic carbocycles. The zero-order chi connectivity index (χ0) is 16.2. The van der Waals surface area contributed by atoms with Gasteiger partial charge in [-0.15, -0.1) is 0 Å². The third-order valence-electron chi connectivity index (χ3n) is 2.78. The summed E-state index contributed by atoms with van der Waals surface area (Å²) in [5.74, 6) is -0.892. The Morgan fingerprint density at radius 3 is 2.50 bits per heavy atom. The quantitative estimate of drug-likeness (QED) is 0.568. The molecular formula is C14H13BrClFN2O2S. The van der Waals surface area contributed by atoms with E-state index in [9.17, 15) is 12.8 Å². The monoisotopic (exact) mass is 406 g/mol. The zero-order valence-corrected chi connectivity index (χ0v) is 14.5. The van der Waals surface area contributed by atoms with E-state index in [-0.39, 0.29) is 11.6 Å². The minimum atomic E-state index is -3.94. The number of nitrogens with one attached hydrogen (secondary N) is 2. The molecule has 0 atom stereocenters. The van der Waals surface area contributed by atoms with Crippen LogP contribution in [0.2, 0.25) is 5.02 Å². The van der Waals surface area contributed by atoms with Gasteiger partial charge in [-0.05, 0) is 40.2 Å². The molecule has 0 amide bonds. The third-order valence-corrected chi connectivity index (χ3v) is 5.46. The predicted molar refractivity (Wildman–Crippen MR) is 89.2 cm³/mol. The van der Waals surface area contributed by atoms with Gasteiger partial charge in [0.1, 0.15) is 10.7 Å². The maximum absolute atomic E-state index is 13.8. The molecule has 2 rings (SSSR count). The largest absolute Gasteiger partial charge is 0.384 e. The second kappa shape index (κ2) is 7.41. The standard InChI is InChI=1S/C14H13BrClFN2O2S/c15-11-8-14(13(17)9-12(11)16)22(20,21)19-7-6-18-10-4-2-1-3-5-10/h1-5,8-9,18-19H,6-7H2. The smallest absolute Gasteiger partial charge is 0.243 e.